The van der Waals surface area contributed by atoms with Crippen LogP contribution in [-0.2, 0) is 6.42 Å². The van der Waals surface area contributed by atoms with Crippen LogP contribution in [0.1, 0.15) is 22.3 Å². The molecule has 6 aromatic rings. The van der Waals surface area contributed by atoms with Crippen LogP contribution in [0.15, 0.2) is 111 Å². The van der Waals surface area contributed by atoms with Gasteiger partial charge in [0.05, 0.1) is 0 Å². The monoisotopic (exact) mass is 545 g/mol. The Morgan fingerprint density at radius 1 is 0.619 bits per heavy atom. The summed E-state index contributed by atoms with van der Waals surface area (Å²) in [5, 5.41) is 7.60. The summed E-state index contributed by atoms with van der Waals surface area (Å²) in [6, 6.07) is 24.4. The number of rotatable bonds is 0. The number of aromatic nitrogens is 3. The number of benzene rings is 3. The minimum Gasteiger partial charge on any atom is -0.404 e. The highest BCUT2D eigenvalue weighted by atomic mass is 15.1. The number of hydrogen-bond donors (Lipinski definition) is 5. The molecule has 5 heterocycles. The Labute approximate surface area is 238 Å². The molecule has 3 aromatic carbocycles. The molecular formula is C33H23N9. The Morgan fingerprint density at radius 2 is 1.26 bits per heavy atom. The standard InChI is InChI=1S/C33H23N9/c34-16-17-8-7-15-24-25(17)33-41-31-23-14-6-5-13-22(23)29(39-31)37-27-19-10-2-1-9-18(19)26(35-27)36-28-20-11-3-4-12-21(20)30(38-28)40-32(24)42-33/h1-14,16,38,40,42H,15,34H2,(H,35,36,37,39,41). The summed E-state index contributed by atoms with van der Waals surface area (Å²) in [7, 11) is 0. The van der Waals surface area contributed by atoms with Gasteiger partial charge in [-0.25, -0.2) is 20.0 Å². The molecule has 0 saturated heterocycles. The fourth-order valence-electron chi connectivity index (χ4n) is 6.14. The van der Waals surface area contributed by atoms with Crippen molar-refractivity contribution in [2.45, 2.75) is 6.42 Å². The summed E-state index contributed by atoms with van der Waals surface area (Å²) in [5.74, 6) is 4.28. The number of aromatic amines is 3. The number of anilines is 2. The number of nitrogens with two attached hydrogens (primary N) is 1. The van der Waals surface area contributed by atoms with Crippen molar-refractivity contribution in [2.24, 2.45) is 25.7 Å². The third-order valence-electron chi connectivity index (χ3n) is 8.07. The first kappa shape index (κ1) is 22.8. The van der Waals surface area contributed by atoms with Crippen LogP contribution < -0.4 is 22.0 Å². The van der Waals surface area contributed by atoms with Crippen molar-refractivity contribution in [3.8, 4) is 0 Å². The lowest BCUT2D eigenvalue weighted by Gasteiger charge is -2.12. The lowest BCUT2D eigenvalue weighted by atomic mass is 9.96. The zero-order valence-corrected chi connectivity index (χ0v) is 22.2. The van der Waals surface area contributed by atoms with E-state index in [1.807, 2.05) is 54.6 Å². The molecule has 0 unspecified atom stereocenters. The summed E-state index contributed by atoms with van der Waals surface area (Å²) in [6.07, 6.45) is 6.50. The Morgan fingerprint density at radius 3 is 2.02 bits per heavy atom. The molecular weight excluding hydrogens is 522 g/mol. The number of fused-ring (bicyclic) bond motifs is 19. The number of amidine groups is 2. The zero-order chi connectivity index (χ0) is 27.8. The summed E-state index contributed by atoms with van der Waals surface area (Å²) in [5.41, 5.74) is 12.3. The van der Waals surface area contributed by atoms with Gasteiger partial charge in [-0.1, -0.05) is 84.9 Å². The largest absolute Gasteiger partial charge is 0.404 e. The van der Waals surface area contributed by atoms with Crippen molar-refractivity contribution in [3.05, 3.63) is 124 Å². The number of hydrogen-bond acceptors (Lipinski definition) is 6. The molecule has 9 nitrogen and oxygen atoms in total. The fraction of sp³-hybridized carbons (Fsp3) is 0.0303. The molecule has 9 heteroatoms. The molecule has 9 rings (SSSR count). The highest BCUT2D eigenvalue weighted by Crippen LogP contribution is 2.42. The van der Waals surface area contributed by atoms with Crippen molar-refractivity contribution in [3.63, 3.8) is 0 Å². The van der Waals surface area contributed by atoms with Crippen LogP contribution in [-0.4, -0.2) is 26.6 Å². The zero-order valence-electron chi connectivity index (χ0n) is 22.2. The van der Waals surface area contributed by atoms with Gasteiger partial charge in [-0.05, 0) is 6.42 Å². The number of nitrogens with zero attached hydrogens (tertiary/aromatic N) is 4. The van der Waals surface area contributed by atoms with E-state index in [-0.39, 0.29) is 0 Å². The van der Waals surface area contributed by atoms with E-state index >= 15 is 0 Å². The molecule has 0 radical (unpaired) electrons. The molecule has 0 fully saturated rings. The maximum Gasteiger partial charge on any atom is 0.164 e. The number of H-pyrrole nitrogens is 3. The van der Waals surface area contributed by atoms with Gasteiger partial charge in [-0.15, -0.1) is 0 Å². The van der Waals surface area contributed by atoms with Gasteiger partial charge in [-0.3, -0.25) is 0 Å². The van der Waals surface area contributed by atoms with E-state index < -0.39 is 0 Å². The summed E-state index contributed by atoms with van der Waals surface area (Å²) < 4.78 is 0. The molecule has 0 saturated carbocycles. The molecule has 3 aromatic heterocycles. The average Bonchev–Trinajstić information content (AvgIpc) is 3.76. The Balaban J connectivity index is 1.41. The Bertz CT molecular complexity index is 2370. The first-order valence-corrected chi connectivity index (χ1v) is 13.8. The molecule has 3 aliphatic rings. The maximum atomic E-state index is 6.10. The van der Waals surface area contributed by atoms with Crippen LogP contribution in [0.4, 0.5) is 23.3 Å². The summed E-state index contributed by atoms with van der Waals surface area (Å²) in [4.78, 5) is 30.8. The molecule has 6 N–H and O–H groups in total. The number of aliphatic imine (C=N–C) groups is 2. The van der Waals surface area contributed by atoms with Crippen LogP contribution >= 0.6 is 0 Å². The van der Waals surface area contributed by atoms with Crippen molar-refractivity contribution in [2.75, 3.05) is 5.32 Å². The highest BCUT2D eigenvalue weighted by molar-refractivity contribution is 6.23. The quantitative estimate of drug-likeness (QED) is 0.171. The summed E-state index contributed by atoms with van der Waals surface area (Å²) in [6.45, 7) is 0. The fourth-order valence-corrected chi connectivity index (χ4v) is 6.14. The van der Waals surface area contributed by atoms with Crippen molar-refractivity contribution >= 4 is 62.1 Å². The SMILES string of the molecule is NC=C1C=CCc2c3[nH]c(c21)N=C1N=C(N=c2[nH]c(c4ccccc24)=Nc2[nH]c(c4ccccc24)N3)c2ccccc21. The summed E-state index contributed by atoms with van der Waals surface area (Å²) >= 11 is 0. The lowest BCUT2D eigenvalue weighted by molar-refractivity contribution is 1.12. The molecule has 1 aliphatic carbocycles. The maximum absolute atomic E-state index is 6.10. The van der Waals surface area contributed by atoms with Gasteiger partial charge >= 0.3 is 0 Å². The third-order valence-corrected chi connectivity index (χ3v) is 8.07. The molecule has 200 valence electrons. The van der Waals surface area contributed by atoms with E-state index in [9.17, 15) is 0 Å². The van der Waals surface area contributed by atoms with Crippen LogP contribution in [0.2, 0.25) is 0 Å². The van der Waals surface area contributed by atoms with Crippen molar-refractivity contribution in [1.82, 2.24) is 15.0 Å². The van der Waals surface area contributed by atoms with E-state index in [0.29, 0.717) is 23.0 Å². The second kappa shape index (κ2) is 8.52. The van der Waals surface area contributed by atoms with E-state index in [2.05, 4.69) is 50.6 Å². The number of nitrogens with one attached hydrogen (secondary N) is 4. The molecule has 42 heavy (non-hydrogen) atoms. The van der Waals surface area contributed by atoms with Gasteiger partial charge in [0.1, 0.15) is 34.2 Å². The highest BCUT2D eigenvalue weighted by Gasteiger charge is 2.26. The molecule has 0 spiro atoms. The van der Waals surface area contributed by atoms with Gasteiger partial charge in [-0.2, -0.15) is 0 Å². The topological polar surface area (TPSA) is 135 Å². The minimum atomic E-state index is 0.589. The third kappa shape index (κ3) is 3.24. The second-order valence-corrected chi connectivity index (χ2v) is 10.5. The van der Waals surface area contributed by atoms with Crippen molar-refractivity contribution in [1.29, 1.82) is 0 Å². The van der Waals surface area contributed by atoms with E-state index in [4.69, 9.17) is 25.7 Å². The number of allylic oxidation sites excluding steroid dienone is 3. The predicted molar refractivity (Wildman–Crippen MR) is 167 cm³/mol. The van der Waals surface area contributed by atoms with Crippen LogP contribution in [0.25, 0.3) is 27.1 Å². The smallest absolute Gasteiger partial charge is 0.164 e. The lowest BCUT2D eigenvalue weighted by Crippen LogP contribution is -2.13. The molecule has 0 amide bonds. The predicted octanol–water partition coefficient (Wildman–Crippen LogP) is 5.56. The van der Waals surface area contributed by atoms with E-state index in [1.165, 1.54) is 0 Å². The molecule has 0 atom stereocenters. The van der Waals surface area contributed by atoms with Gasteiger partial charge < -0.3 is 26.0 Å². The van der Waals surface area contributed by atoms with Crippen molar-refractivity contribution < 1.29 is 0 Å². The van der Waals surface area contributed by atoms with Crippen LogP contribution in [0, 0.1) is 0 Å². The van der Waals surface area contributed by atoms with Gasteiger partial charge in [0.25, 0.3) is 0 Å². The van der Waals surface area contributed by atoms with Crippen LogP contribution in [0.5, 0.6) is 0 Å². The van der Waals surface area contributed by atoms with Crippen LogP contribution in [0.3, 0.4) is 0 Å². The van der Waals surface area contributed by atoms with Gasteiger partial charge in [0.2, 0.25) is 0 Å². The van der Waals surface area contributed by atoms with E-state index in [1.54, 1.807) is 6.20 Å². The normalized spacial score (nSPS) is 16.0. The Kier molecular flexibility index (Phi) is 4.63. The second-order valence-electron chi connectivity index (χ2n) is 10.5. The Hall–Kier alpha value is -5.96. The van der Waals surface area contributed by atoms with Gasteiger partial charge in [0, 0.05) is 55.6 Å². The average molecular weight is 546 g/mol. The minimum absolute atomic E-state index is 0.589. The first-order valence-electron chi connectivity index (χ1n) is 13.8. The van der Waals surface area contributed by atoms with Gasteiger partial charge in [0.15, 0.2) is 11.7 Å². The first-order chi connectivity index (χ1) is 20.7. The molecule has 2 aliphatic heterocycles. The molecule has 8 bridgehead atoms. The van der Waals surface area contributed by atoms with E-state index in [0.717, 1.165) is 78.7 Å².